The fourth-order valence-corrected chi connectivity index (χ4v) is 3.98. The first kappa shape index (κ1) is 13.6. The largest absolute Gasteiger partial charge is 0.489 e. The topological polar surface area (TPSA) is 36.3 Å². The fourth-order valence-electron chi connectivity index (χ4n) is 3.98. The molecule has 0 aromatic heterocycles. The average molecular weight is 294 g/mol. The Kier molecular flexibility index (Phi) is 2.93. The van der Waals surface area contributed by atoms with Gasteiger partial charge in [0, 0.05) is 34.4 Å². The highest BCUT2D eigenvalue weighted by Crippen LogP contribution is 2.47. The monoisotopic (exact) mass is 294 g/mol. The molecule has 0 aliphatic carbocycles. The number of ether oxygens (including phenoxy) is 1. The molecule has 114 valence electrons. The van der Waals surface area contributed by atoms with Crippen molar-refractivity contribution in [3.8, 4) is 5.75 Å². The lowest BCUT2D eigenvalue weighted by molar-refractivity contribution is 0.257. The van der Waals surface area contributed by atoms with Crippen molar-refractivity contribution in [1.82, 2.24) is 0 Å². The molecular weight excluding hydrogens is 272 g/mol. The van der Waals surface area contributed by atoms with Gasteiger partial charge in [-0.05, 0) is 26.3 Å². The molecule has 2 aromatic carbocycles. The molecule has 0 saturated carbocycles. The van der Waals surface area contributed by atoms with Gasteiger partial charge < -0.3 is 9.64 Å². The standard InChI is InChI=1S/C19H22N2O/c1-4-6-11(2)21-16-10-13-9-12(3)22-18(13)14-7-5-8-15(17(14)16)19(21)20/h5,7-8,10-12,20H,4,6,9H2,1-3H3. The highest BCUT2D eigenvalue weighted by Gasteiger charge is 2.34. The second-order valence-corrected chi connectivity index (χ2v) is 6.60. The van der Waals surface area contributed by atoms with Crippen molar-refractivity contribution in [2.75, 3.05) is 4.90 Å². The highest BCUT2D eigenvalue weighted by molar-refractivity contribution is 6.27. The molecule has 2 heterocycles. The van der Waals surface area contributed by atoms with Crippen LogP contribution in [0.3, 0.4) is 0 Å². The lowest BCUT2D eigenvalue weighted by Gasteiger charge is -2.27. The molecule has 2 unspecified atom stereocenters. The van der Waals surface area contributed by atoms with Crippen molar-refractivity contribution in [3.05, 3.63) is 35.4 Å². The van der Waals surface area contributed by atoms with E-state index in [2.05, 4.69) is 49.9 Å². The van der Waals surface area contributed by atoms with Crippen molar-refractivity contribution >= 4 is 22.3 Å². The minimum Gasteiger partial charge on any atom is -0.489 e. The van der Waals surface area contributed by atoms with Gasteiger partial charge in [-0.2, -0.15) is 0 Å². The smallest absolute Gasteiger partial charge is 0.133 e. The summed E-state index contributed by atoms with van der Waals surface area (Å²) in [6, 6.07) is 8.87. The van der Waals surface area contributed by atoms with Crippen LogP contribution in [0, 0.1) is 5.41 Å². The number of benzene rings is 2. The van der Waals surface area contributed by atoms with Crippen molar-refractivity contribution in [2.24, 2.45) is 0 Å². The van der Waals surface area contributed by atoms with Gasteiger partial charge in [0.15, 0.2) is 0 Å². The summed E-state index contributed by atoms with van der Waals surface area (Å²) in [7, 11) is 0. The van der Waals surface area contributed by atoms with E-state index < -0.39 is 0 Å². The Hall–Kier alpha value is -2.03. The second-order valence-electron chi connectivity index (χ2n) is 6.60. The van der Waals surface area contributed by atoms with Crippen LogP contribution in [0.4, 0.5) is 5.69 Å². The first-order chi connectivity index (χ1) is 10.6. The third-order valence-electron chi connectivity index (χ3n) is 4.90. The number of nitrogens with one attached hydrogen (secondary N) is 1. The molecule has 2 aliphatic rings. The van der Waals surface area contributed by atoms with Crippen LogP contribution < -0.4 is 9.64 Å². The first-order valence-corrected chi connectivity index (χ1v) is 8.25. The van der Waals surface area contributed by atoms with Gasteiger partial charge in [-0.25, -0.2) is 0 Å². The molecule has 3 heteroatoms. The summed E-state index contributed by atoms with van der Waals surface area (Å²) in [5.41, 5.74) is 3.53. The molecule has 2 atom stereocenters. The number of hydrogen-bond acceptors (Lipinski definition) is 2. The fraction of sp³-hybridized carbons (Fsp3) is 0.421. The van der Waals surface area contributed by atoms with E-state index in [1.807, 2.05) is 0 Å². The van der Waals surface area contributed by atoms with Crippen molar-refractivity contribution in [2.45, 2.75) is 52.2 Å². The molecule has 0 fully saturated rings. The first-order valence-electron chi connectivity index (χ1n) is 8.25. The molecule has 4 rings (SSSR count). The maximum absolute atomic E-state index is 8.63. The molecule has 0 spiro atoms. The van der Waals surface area contributed by atoms with Crippen LogP contribution in [-0.4, -0.2) is 18.0 Å². The minimum absolute atomic E-state index is 0.248. The zero-order valence-electron chi connectivity index (χ0n) is 13.4. The van der Waals surface area contributed by atoms with E-state index in [0.29, 0.717) is 11.9 Å². The summed E-state index contributed by atoms with van der Waals surface area (Å²) in [4.78, 5) is 2.21. The van der Waals surface area contributed by atoms with E-state index in [0.717, 1.165) is 30.6 Å². The van der Waals surface area contributed by atoms with Crippen LogP contribution in [0.5, 0.6) is 5.75 Å². The highest BCUT2D eigenvalue weighted by atomic mass is 16.5. The summed E-state index contributed by atoms with van der Waals surface area (Å²) in [5.74, 6) is 1.67. The predicted molar refractivity (Wildman–Crippen MR) is 91.4 cm³/mol. The van der Waals surface area contributed by atoms with E-state index in [-0.39, 0.29) is 6.10 Å². The molecular formula is C19H22N2O. The lowest BCUT2D eigenvalue weighted by atomic mass is 10.00. The summed E-state index contributed by atoms with van der Waals surface area (Å²) >= 11 is 0. The minimum atomic E-state index is 0.248. The molecule has 2 aliphatic heterocycles. The maximum Gasteiger partial charge on any atom is 0.133 e. The van der Waals surface area contributed by atoms with Gasteiger partial charge in [0.1, 0.15) is 17.7 Å². The van der Waals surface area contributed by atoms with Gasteiger partial charge in [-0.1, -0.05) is 31.5 Å². The van der Waals surface area contributed by atoms with Crippen molar-refractivity contribution < 1.29 is 4.74 Å². The number of rotatable bonds is 3. The van der Waals surface area contributed by atoms with Gasteiger partial charge >= 0.3 is 0 Å². The normalized spacial score (nSPS) is 20.4. The molecule has 2 aromatic rings. The summed E-state index contributed by atoms with van der Waals surface area (Å²) in [6.07, 6.45) is 3.45. The average Bonchev–Trinajstić information content (AvgIpc) is 2.99. The van der Waals surface area contributed by atoms with Gasteiger partial charge in [-0.3, -0.25) is 5.41 Å². The molecule has 22 heavy (non-hydrogen) atoms. The summed E-state index contributed by atoms with van der Waals surface area (Å²) in [5, 5.41) is 11.0. The molecule has 0 saturated heterocycles. The maximum atomic E-state index is 8.63. The van der Waals surface area contributed by atoms with Gasteiger partial charge in [0.05, 0.1) is 5.69 Å². The van der Waals surface area contributed by atoms with Crippen LogP contribution in [-0.2, 0) is 6.42 Å². The summed E-state index contributed by atoms with van der Waals surface area (Å²) < 4.78 is 6.05. The zero-order valence-corrected chi connectivity index (χ0v) is 13.4. The number of amidine groups is 1. The van der Waals surface area contributed by atoms with E-state index in [1.54, 1.807) is 0 Å². The van der Waals surface area contributed by atoms with Crippen LogP contribution in [0.2, 0.25) is 0 Å². The second kappa shape index (κ2) is 4.73. The van der Waals surface area contributed by atoms with Crippen molar-refractivity contribution in [1.29, 1.82) is 5.41 Å². The number of anilines is 1. The van der Waals surface area contributed by atoms with E-state index in [1.165, 1.54) is 22.0 Å². The van der Waals surface area contributed by atoms with Crippen LogP contribution in [0.25, 0.3) is 10.8 Å². The van der Waals surface area contributed by atoms with E-state index >= 15 is 0 Å². The third kappa shape index (κ3) is 1.71. The Morgan fingerprint density at radius 3 is 3.00 bits per heavy atom. The van der Waals surface area contributed by atoms with E-state index in [9.17, 15) is 0 Å². The predicted octanol–water partition coefficient (Wildman–Crippen LogP) is 4.50. The Labute approximate surface area is 131 Å². The van der Waals surface area contributed by atoms with Crippen molar-refractivity contribution in [3.63, 3.8) is 0 Å². The van der Waals surface area contributed by atoms with Crippen LogP contribution in [0.1, 0.15) is 44.7 Å². The molecule has 0 radical (unpaired) electrons. The summed E-state index contributed by atoms with van der Waals surface area (Å²) in [6.45, 7) is 6.56. The number of fused-ring (bicyclic) bond motifs is 2. The Morgan fingerprint density at radius 2 is 2.23 bits per heavy atom. The van der Waals surface area contributed by atoms with Crippen LogP contribution in [0.15, 0.2) is 24.3 Å². The zero-order chi connectivity index (χ0) is 15.4. The third-order valence-corrected chi connectivity index (χ3v) is 4.90. The van der Waals surface area contributed by atoms with Gasteiger partial charge in [0.25, 0.3) is 0 Å². The Bertz CT molecular complexity index is 781. The number of nitrogens with zero attached hydrogens (tertiary/aromatic N) is 1. The lowest BCUT2D eigenvalue weighted by Crippen LogP contribution is -2.35. The van der Waals surface area contributed by atoms with Gasteiger partial charge in [0.2, 0.25) is 0 Å². The molecule has 1 N–H and O–H groups in total. The molecule has 3 nitrogen and oxygen atoms in total. The van der Waals surface area contributed by atoms with Crippen LogP contribution >= 0.6 is 0 Å². The number of hydrogen-bond donors (Lipinski definition) is 1. The van der Waals surface area contributed by atoms with Gasteiger partial charge in [-0.15, -0.1) is 0 Å². The Balaban J connectivity index is 1.97. The molecule has 0 bridgehead atoms. The molecule has 0 amide bonds. The quantitative estimate of drug-likeness (QED) is 0.905. The SMILES string of the molecule is CCCC(C)N1C(=N)c2cccc3c4c(cc1c23)CC(C)O4. The Morgan fingerprint density at radius 1 is 1.41 bits per heavy atom. The van der Waals surface area contributed by atoms with E-state index in [4.69, 9.17) is 10.1 Å².